The van der Waals surface area contributed by atoms with Crippen LogP contribution in [-0.4, -0.2) is 16.5 Å². The predicted octanol–water partition coefficient (Wildman–Crippen LogP) is 3.35. The minimum Gasteiger partial charge on any atom is -0.495 e. The SMILES string of the molecule is COc1ccc(-c2cn3cccc(Br)c3n2)cc1N. The minimum absolute atomic E-state index is 0.608. The van der Waals surface area contributed by atoms with Crippen molar-refractivity contribution >= 4 is 27.3 Å². The minimum atomic E-state index is 0.608. The zero-order valence-corrected chi connectivity index (χ0v) is 11.9. The molecule has 0 atom stereocenters. The first kappa shape index (κ1) is 12.0. The predicted molar refractivity (Wildman–Crippen MR) is 79.3 cm³/mol. The van der Waals surface area contributed by atoms with E-state index in [0.717, 1.165) is 21.4 Å². The number of methoxy groups -OCH3 is 1. The number of fused-ring (bicyclic) bond motifs is 1. The van der Waals surface area contributed by atoms with Gasteiger partial charge in [-0.1, -0.05) is 0 Å². The van der Waals surface area contributed by atoms with Crippen LogP contribution in [0.2, 0.25) is 0 Å². The van der Waals surface area contributed by atoms with E-state index in [1.54, 1.807) is 7.11 Å². The van der Waals surface area contributed by atoms with Crippen molar-refractivity contribution < 1.29 is 4.74 Å². The van der Waals surface area contributed by atoms with Gasteiger partial charge in [0.15, 0.2) is 5.65 Å². The maximum Gasteiger partial charge on any atom is 0.151 e. The number of nitrogens with two attached hydrogens (primary N) is 1. The molecule has 0 aliphatic carbocycles. The summed E-state index contributed by atoms with van der Waals surface area (Å²) in [5, 5.41) is 0. The van der Waals surface area contributed by atoms with E-state index in [2.05, 4.69) is 20.9 Å². The van der Waals surface area contributed by atoms with Crippen LogP contribution in [0.3, 0.4) is 0 Å². The fraction of sp³-hybridized carbons (Fsp3) is 0.0714. The molecule has 0 unspecified atom stereocenters. The Balaban J connectivity index is 2.14. The van der Waals surface area contributed by atoms with Crippen LogP contribution in [0, 0.1) is 0 Å². The second-order valence-electron chi connectivity index (χ2n) is 4.17. The molecule has 0 saturated carbocycles. The highest BCUT2D eigenvalue weighted by Crippen LogP contribution is 2.29. The van der Waals surface area contributed by atoms with Crippen molar-refractivity contribution in [1.82, 2.24) is 9.38 Å². The second kappa shape index (κ2) is 4.59. The summed E-state index contributed by atoms with van der Waals surface area (Å²) < 4.78 is 8.09. The van der Waals surface area contributed by atoms with Gasteiger partial charge in [0.2, 0.25) is 0 Å². The number of nitrogen functional groups attached to an aromatic ring is 1. The molecule has 0 aliphatic heterocycles. The average molecular weight is 318 g/mol. The summed E-state index contributed by atoms with van der Waals surface area (Å²) in [6.45, 7) is 0. The van der Waals surface area contributed by atoms with E-state index in [-0.39, 0.29) is 0 Å². The van der Waals surface area contributed by atoms with Gasteiger partial charge in [-0.15, -0.1) is 0 Å². The molecule has 3 aromatic rings. The quantitative estimate of drug-likeness (QED) is 0.737. The Morgan fingerprint density at radius 1 is 1.32 bits per heavy atom. The van der Waals surface area contributed by atoms with Gasteiger partial charge in [-0.05, 0) is 46.3 Å². The summed E-state index contributed by atoms with van der Waals surface area (Å²) in [6, 6.07) is 9.60. The van der Waals surface area contributed by atoms with Gasteiger partial charge in [-0.2, -0.15) is 0 Å². The van der Waals surface area contributed by atoms with Crippen molar-refractivity contribution in [2.24, 2.45) is 0 Å². The highest BCUT2D eigenvalue weighted by molar-refractivity contribution is 9.10. The fourth-order valence-corrected chi connectivity index (χ4v) is 2.46. The van der Waals surface area contributed by atoms with Crippen molar-refractivity contribution in [2.75, 3.05) is 12.8 Å². The molecule has 0 aliphatic rings. The van der Waals surface area contributed by atoms with E-state index in [4.69, 9.17) is 10.5 Å². The third-order valence-electron chi connectivity index (χ3n) is 2.96. The van der Waals surface area contributed by atoms with Crippen LogP contribution >= 0.6 is 15.9 Å². The highest BCUT2D eigenvalue weighted by atomic mass is 79.9. The number of anilines is 1. The van der Waals surface area contributed by atoms with Crippen LogP contribution < -0.4 is 10.5 Å². The first-order valence-corrected chi connectivity index (χ1v) is 6.55. The number of pyridine rings is 1. The van der Waals surface area contributed by atoms with E-state index in [9.17, 15) is 0 Å². The number of nitrogens with zero attached hydrogens (tertiary/aromatic N) is 2. The zero-order valence-electron chi connectivity index (χ0n) is 10.3. The number of benzene rings is 1. The summed E-state index contributed by atoms with van der Waals surface area (Å²) in [4.78, 5) is 4.60. The molecule has 5 heteroatoms. The Hall–Kier alpha value is -2.01. The van der Waals surface area contributed by atoms with Gasteiger partial charge in [0.05, 0.1) is 23.0 Å². The van der Waals surface area contributed by atoms with Crippen LogP contribution in [0.5, 0.6) is 5.75 Å². The fourth-order valence-electron chi connectivity index (χ4n) is 2.01. The van der Waals surface area contributed by atoms with E-state index in [1.165, 1.54) is 0 Å². The summed E-state index contributed by atoms with van der Waals surface area (Å²) in [5.74, 6) is 0.675. The monoisotopic (exact) mass is 317 g/mol. The molecule has 0 amide bonds. The Morgan fingerprint density at radius 3 is 2.84 bits per heavy atom. The van der Waals surface area contributed by atoms with E-state index >= 15 is 0 Å². The van der Waals surface area contributed by atoms with Gasteiger partial charge in [0.1, 0.15) is 5.75 Å². The first-order chi connectivity index (χ1) is 9.19. The zero-order chi connectivity index (χ0) is 13.4. The van der Waals surface area contributed by atoms with Gasteiger partial charge < -0.3 is 14.9 Å². The smallest absolute Gasteiger partial charge is 0.151 e. The molecule has 2 heterocycles. The average Bonchev–Trinajstić information content (AvgIpc) is 2.84. The van der Waals surface area contributed by atoms with Crippen molar-refractivity contribution in [2.45, 2.75) is 0 Å². The second-order valence-corrected chi connectivity index (χ2v) is 5.02. The molecule has 96 valence electrons. The van der Waals surface area contributed by atoms with Crippen LogP contribution in [0.4, 0.5) is 5.69 Å². The lowest BCUT2D eigenvalue weighted by Gasteiger charge is -2.05. The molecule has 4 nitrogen and oxygen atoms in total. The molecule has 19 heavy (non-hydrogen) atoms. The largest absolute Gasteiger partial charge is 0.495 e. The van der Waals surface area contributed by atoms with Gasteiger partial charge in [-0.25, -0.2) is 4.98 Å². The molecule has 0 radical (unpaired) electrons. The lowest BCUT2D eigenvalue weighted by Crippen LogP contribution is -1.92. The van der Waals surface area contributed by atoms with Crippen LogP contribution in [0.15, 0.2) is 47.2 Å². The van der Waals surface area contributed by atoms with Crippen molar-refractivity contribution in [3.05, 3.63) is 47.2 Å². The molecule has 2 aromatic heterocycles. The van der Waals surface area contributed by atoms with E-state index in [1.807, 2.05) is 47.1 Å². The molecular formula is C14H12BrN3O. The van der Waals surface area contributed by atoms with Gasteiger partial charge in [0, 0.05) is 18.0 Å². The molecule has 0 saturated heterocycles. The third kappa shape index (κ3) is 2.06. The maximum absolute atomic E-state index is 5.92. The van der Waals surface area contributed by atoms with Crippen LogP contribution in [-0.2, 0) is 0 Å². The highest BCUT2D eigenvalue weighted by Gasteiger charge is 2.08. The molecular weight excluding hydrogens is 306 g/mol. The summed E-state index contributed by atoms with van der Waals surface area (Å²) in [7, 11) is 1.60. The normalized spacial score (nSPS) is 10.8. The number of rotatable bonds is 2. The number of hydrogen-bond acceptors (Lipinski definition) is 3. The number of hydrogen-bond donors (Lipinski definition) is 1. The van der Waals surface area contributed by atoms with Gasteiger partial charge in [-0.3, -0.25) is 0 Å². The first-order valence-electron chi connectivity index (χ1n) is 5.76. The van der Waals surface area contributed by atoms with E-state index < -0.39 is 0 Å². The molecule has 3 rings (SSSR count). The molecule has 0 spiro atoms. The Bertz CT molecular complexity index is 752. The van der Waals surface area contributed by atoms with Gasteiger partial charge >= 0.3 is 0 Å². The van der Waals surface area contributed by atoms with Crippen LogP contribution in [0.25, 0.3) is 16.9 Å². The third-order valence-corrected chi connectivity index (χ3v) is 3.58. The maximum atomic E-state index is 5.92. The summed E-state index contributed by atoms with van der Waals surface area (Å²) >= 11 is 3.49. The van der Waals surface area contributed by atoms with Crippen molar-refractivity contribution in [3.8, 4) is 17.0 Å². The number of halogens is 1. The number of imidazole rings is 1. The Kier molecular flexibility index (Phi) is 2.91. The Labute approximate surface area is 119 Å². The lowest BCUT2D eigenvalue weighted by atomic mass is 10.1. The number of ether oxygens (including phenoxy) is 1. The number of aromatic nitrogens is 2. The lowest BCUT2D eigenvalue weighted by molar-refractivity contribution is 0.417. The van der Waals surface area contributed by atoms with Crippen molar-refractivity contribution in [1.29, 1.82) is 0 Å². The molecule has 2 N–H and O–H groups in total. The molecule has 1 aromatic carbocycles. The van der Waals surface area contributed by atoms with Gasteiger partial charge in [0.25, 0.3) is 0 Å². The summed E-state index contributed by atoms with van der Waals surface area (Å²) in [5.41, 5.74) is 9.26. The Morgan fingerprint density at radius 2 is 2.16 bits per heavy atom. The van der Waals surface area contributed by atoms with Crippen molar-refractivity contribution in [3.63, 3.8) is 0 Å². The topological polar surface area (TPSA) is 52.5 Å². The van der Waals surface area contributed by atoms with Crippen LogP contribution in [0.1, 0.15) is 0 Å². The van der Waals surface area contributed by atoms with E-state index in [0.29, 0.717) is 11.4 Å². The summed E-state index contributed by atoms with van der Waals surface area (Å²) in [6.07, 6.45) is 3.94. The molecule has 0 fully saturated rings. The standard InChI is InChI=1S/C14H12BrN3O/c1-19-13-5-4-9(7-11(13)16)12-8-18-6-2-3-10(15)14(18)17-12/h2-8H,16H2,1H3. The molecule has 0 bridgehead atoms.